The zero-order valence-electron chi connectivity index (χ0n) is 12.1. The van der Waals surface area contributed by atoms with Gasteiger partial charge in [0.05, 0.1) is 5.75 Å². The molecule has 0 spiro atoms. The number of nitrogens with one attached hydrogen (secondary N) is 1. The van der Waals surface area contributed by atoms with Crippen LogP contribution in [0.5, 0.6) is 0 Å². The Labute approximate surface area is 138 Å². The molecule has 1 amide bonds. The third kappa shape index (κ3) is 7.56. The normalized spacial score (nSPS) is 12.6. The summed E-state index contributed by atoms with van der Waals surface area (Å²) in [6, 6.07) is 7.35. The third-order valence-corrected chi connectivity index (χ3v) is 4.46. The number of carbonyl (C=O) groups excluding carboxylic acids is 1. The van der Waals surface area contributed by atoms with E-state index in [4.69, 9.17) is 5.11 Å². The number of carbonyl (C=O) groups is 2. The molecule has 1 unspecified atom stereocenters. The lowest BCUT2D eigenvalue weighted by molar-refractivity contribution is -0.138. The summed E-state index contributed by atoms with van der Waals surface area (Å²) in [5, 5.41) is 10.9. The van der Waals surface area contributed by atoms with Gasteiger partial charge in [0, 0.05) is 16.6 Å². The Balaban J connectivity index is 2.80. The fourth-order valence-electron chi connectivity index (χ4n) is 1.94. The number of carboxylic acids is 1. The maximum Gasteiger partial charge on any atom is 0.322 e. The Hall–Kier alpha value is -1.41. The Bertz CT molecular complexity index is 644. The second-order valence-corrected chi connectivity index (χ2v) is 8.24. The van der Waals surface area contributed by atoms with E-state index in [1.54, 1.807) is 0 Å². The van der Waals surface area contributed by atoms with Gasteiger partial charge >= 0.3 is 5.97 Å². The van der Waals surface area contributed by atoms with E-state index in [9.17, 15) is 18.0 Å². The van der Waals surface area contributed by atoms with Crippen molar-refractivity contribution in [3.63, 3.8) is 0 Å². The van der Waals surface area contributed by atoms with Gasteiger partial charge in [-0.15, -0.1) is 0 Å². The quantitative estimate of drug-likeness (QED) is 0.694. The first-order chi connectivity index (χ1) is 10.2. The molecule has 1 aromatic rings. The molecule has 0 saturated heterocycles. The highest BCUT2D eigenvalue weighted by Crippen LogP contribution is 2.18. The first-order valence-corrected chi connectivity index (χ1v) is 9.44. The zero-order chi connectivity index (χ0) is 16.8. The van der Waals surface area contributed by atoms with Crippen molar-refractivity contribution in [3.8, 4) is 0 Å². The van der Waals surface area contributed by atoms with Crippen molar-refractivity contribution < 1.29 is 23.1 Å². The molecule has 0 aliphatic rings. The smallest absolute Gasteiger partial charge is 0.322 e. The molecule has 22 heavy (non-hydrogen) atoms. The maximum absolute atomic E-state index is 12.1. The molecule has 1 atom stereocenters. The number of halogens is 1. The number of benzene rings is 1. The molecule has 8 heteroatoms. The summed E-state index contributed by atoms with van der Waals surface area (Å²) >= 11 is 3.34. The summed E-state index contributed by atoms with van der Waals surface area (Å²) < 4.78 is 23.5. The monoisotopic (exact) mass is 391 g/mol. The molecule has 0 radical (unpaired) electrons. The largest absolute Gasteiger partial charge is 0.480 e. The number of hydrogen-bond donors (Lipinski definition) is 2. The van der Waals surface area contributed by atoms with E-state index in [1.807, 2.05) is 24.3 Å². The van der Waals surface area contributed by atoms with Crippen molar-refractivity contribution in [1.82, 2.24) is 5.32 Å². The Morgan fingerprint density at radius 1 is 1.36 bits per heavy atom. The summed E-state index contributed by atoms with van der Waals surface area (Å²) in [5.41, 5.74) is 0.873. The van der Waals surface area contributed by atoms with Crippen LogP contribution in [0, 0.1) is 5.92 Å². The Morgan fingerprint density at radius 3 is 2.59 bits per heavy atom. The molecule has 0 aliphatic carbocycles. The number of sulfone groups is 1. The van der Waals surface area contributed by atoms with E-state index in [1.165, 1.54) is 0 Å². The van der Waals surface area contributed by atoms with Gasteiger partial charge in [-0.3, -0.25) is 9.59 Å². The van der Waals surface area contributed by atoms with Crippen molar-refractivity contribution in [3.05, 3.63) is 34.3 Å². The minimum Gasteiger partial charge on any atom is -0.480 e. The van der Waals surface area contributed by atoms with Gasteiger partial charge in [0.15, 0.2) is 0 Å². The fraction of sp³-hybridized carbons (Fsp3) is 0.429. The van der Waals surface area contributed by atoms with Crippen molar-refractivity contribution >= 4 is 37.6 Å². The van der Waals surface area contributed by atoms with Crippen LogP contribution in [0.1, 0.15) is 12.0 Å². The molecule has 0 fully saturated rings. The minimum atomic E-state index is -3.19. The van der Waals surface area contributed by atoms with E-state index in [0.29, 0.717) is 6.42 Å². The fourth-order valence-corrected chi connectivity index (χ4v) is 3.10. The molecule has 1 aromatic carbocycles. The lowest BCUT2D eigenvalue weighted by Gasteiger charge is -2.16. The highest BCUT2D eigenvalue weighted by Gasteiger charge is 2.21. The van der Waals surface area contributed by atoms with E-state index in [0.717, 1.165) is 16.3 Å². The molecular formula is C14H18BrNO5S. The van der Waals surface area contributed by atoms with Crippen LogP contribution in [0.15, 0.2) is 28.7 Å². The van der Waals surface area contributed by atoms with Gasteiger partial charge in [-0.2, -0.15) is 0 Å². The van der Waals surface area contributed by atoms with E-state index in [2.05, 4.69) is 21.2 Å². The number of amides is 1. The highest BCUT2D eigenvalue weighted by atomic mass is 79.9. The third-order valence-electron chi connectivity index (χ3n) is 2.99. The molecule has 6 nitrogen and oxygen atoms in total. The van der Waals surface area contributed by atoms with Gasteiger partial charge in [0.2, 0.25) is 5.91 Å². The summed E-state index contributed by atoms with van der Waals surface area (Å²) in [7, 11) is -3.19. The van der Waals surface area contributed by atoms with Gasteiger partial charge < -0.3 is 10.4 Å². The van der Waals surface area contributed by atoms with Gasteiger partial charge in [0.1, 0.15) is 16.4 Å². The topological polar surface area (TPSA) is 101 Å². The van der Waals surface area contributed by atoms with Crippen molar-refractivity contribution in [2.45, 2.75) is 12.8 Å². The Kier molecular flexibility index (Phi) is 7.02. The lowest BCUT2D eigenvalue weighted by Crippen LogP contribution is -2.36. The second-order valence-electron chi connectivity index (χ2n) is 5.06. The predicted molar refractivity (Wildman–Crippen MR) is 86.3 cm³/mol. The molecule has 0 bridgehead atoms. The van der Waals surface area contributed by atoms with Gasteiger partial charge in [-0.25, -0.2) is 8.42 Å². The molecule has 0 heterocycles. The van der Waals surface area contributed by atoms with Gasteiger partial charge in [0.25, 0.3) is 0 Å². The van der Waals surface area contributed by atoms with Crippen LogP contribution in [-0.4, -0.2) is 44.0 Å². The van der Waals surface area contributed by atoms with Crippen LogP contribution in [0.2, 0.25) is 0 Å². The average Bonchev–Trinajstić information content (AvgIpc) is 2.39. The van der Waals surface area contributed by atoms with Crippen LogP contribution in [0.25, 0.3) is 0 Å². The maximum atomic E-state index is 12.1. The average molecular weight is 392 g/mol. The standard InChI is InChI=1S/C14H18BrNO5S/c1-22(20,21)6-5-11(14(19)16-9-13(17)18)7-10-3-2-4-12(15)8-10/h2-4,8,11H,5-7,9H2,1H3,(H,16,19)(H,17,18). The summed E-state index contributed by atoms with van der Waals surface area (Å²) in [6.07, 6.45) is 1.61. The molecule has 2 N–H and O–H groups in total. The molecule has 0 aromatic heterocycles. The summed E-state index contributed by atoms with van der Waals surface area (Å²) in [4.78, 5) is 22.6. The first-order valence-electron chi connectivity index (χ1n) is 6.59. The first kappa shape index (κ1) is 18.6. The summed E-state index contributed by atoms with van der Waals surface area (Å²) in [6.45, 7) is -0.479. The molecule has 0 saturated carbocycles. The summed E-state index contributed by atoms with van der Waals surface area (Å²) in [5.74, 6) is -2.31. The molecular weight excluding hydrogens is 374 g/mol. The minimum absolute atomic E-state index is 0.119. The molecule has 122 valence electrons. The molecule has 1 rings (SSSR count). The van der Waals surface area contributed by atoms with E-state index in [-0.39, 0.29) is 12.2 Å². The van der Waals surface area contributed by atoms with Crippen LogP contribution >= 0.6 is 15.9 Å². The van der Waals surface area contributed by atoms with Crippen molar-refractivity contribution in [1.29, 1.82) is 0 Å². The second kappa shape index (κ2) is 8.28. The van der Waals surface area contributed by atoms with Crippen LogP contribution in [0.3, 0.4) is 0 Å². The van der Waals surface area contributed by atoms with E-state index >= 15 is 0 Å². The Morgan fingerprint density at radius 2 is 2.05 bits per heavy atom. The highest BCUT2D eigenvalue weighted by molar-refractivity contribution is 9.10. The van der Waals surface area contributed by atoms with E-state index < -0.39 is 34.2 Å². The SMILES string of the molecule is CS(=O)(=O)CCC(Cc1cccc(Br)c1)C(=O)NCC(=O)O. The van der Waals surface area contributed by atoms with Gasteiger partial charge in [-0.1, -0.05) is 28.1 Å². The zero-order valence-corrected chi connectivity index (χ0v) is 14.5. The number of rotatable bonds is 8. The van der Waals surface area contributed by atoms with Crippen LogP contribution < -0.4 is 5.32 Å². The van der Waals surface area contributed by atoms with Gasteiger partial charge in [-0.05, 0) is 30.5 Å². The van der Waals surface area contributed by atoms with Crippen molar-refractivity contribution in [2.24, 2.45) is 5.92 Å². The van der Waals surface area contributed by atoms with Crippen LogP contribution in [0.4, 0.5) is 0 Å². The van der Waals surface area contributed by atoms with Crippen LogP contribution in [-0.2, 0) is 25.8 Å². The number of carboxylic acid groups (broad SMARTS) is 1. The predicted octanol–water partition coefficient (Wildman–Crippen LogP) is 1.24. The lowest BCUT2D eigenvalue weighted by atomic mass is 9.96. The van der Waals surface area contributed by atoms with Crippen molar-refractivity contribution in [2.75, 3.05) is 18.6 Å². The number of hydrogen-bond acceptors (Lipinski definition) is 4. The molecule has 0 aliphatic heterocycles. The number of aliphatic carboxylic acids is 1.